The van der Waals surface area contributed by atoms with Crippen molar-refractivity contribution in [3.63, 3.8) is 0 Å². The molecule has 0 aliphatic rings. The third kappa shape index (κ3) is 6.24. The smallest absolute Gasteiger partial charge is 0.224 e. The molecule has 0 saturated carbocycles. The Balaban J connectivity index is 2.15. The second-order valence-electron chi connectivity index (χ2n) is 9.95. The minimum atomic E-state index is -2.76. The highest BCUT2D eigenvalue weighted by Crippen LogP contribution is 2.44. The Morgan fingerprint density at radius 2 is 1.40 bits per heavy atom. The Hall–Kier alpha value is -2.02. The fraction of sp³-hybridized carbons (Fsp3) is 0.458. The average molecular weight is 434 g/mol. The van der Waals surface area contributed by atoms with Gasteiger partial charge in [0.2, 0.25) is 5.91 Å². The van der Waals surface area contributed by atoms with Crippen molar-refractivity contribution in [1.29, 1.82) is 0 Å². The lowest BCUT2D eigenvalue weighted by molar-refractivity contribution is -0.116. The molecule has 0 aliphatic carbocycles. The predicted octanol–water partition coefficient (Wildman–Crippen LogP) is 6.30. The van der Waals surface area contributed by atoms with Crippen LogP contribution in [0.25, 0.3) is 0 Å². The van der Waals surface area contributed by atoms with Gasteiger partial charge in [-0.25, -0.2) is 0 Å². The number of phenols is 1. The van der Waals surface area contributed by atoms with Gasteiger partial charge in [-0.2, -0.15) is 10.6 Å². The molecule has 0 aromatic heterocycles. The standard InChI is InChI=1S/C24H35NO4S/c1-23(2,3)19-14-16(15-20(22(19)27)24(4,5)6)8-13-21(26)25-17-9-11-18(12-10-17)30(7,28)29/h9-12,14-15,27-29H,8,13H2,1-7H3,(H,25,26). The summed E-state index contributed by atoms with van der Waals surface area (Å²) >= 11 is 0. The normalized spacial score (nSPS) is 13.2. The molecule has 2 rings (SSSR count). The monoisotopic (exact) mass is 433 g/mol. The van der Waals surface area contributed by atoms with E-state index in [0.717, 1.165) is 16.7 Å². The summed E-state index contributed by atoms with van der Waals surface area (Å²) in [6, 6.07) is 10.5. The number of benzene rings is 2. The molecule has 4 N–H and O–H groups in total. The number of carbonyl (C=O) groups excluding carboxylic acids is 1. The van der Waals surface area contributed by atoms with Crippen LogP contribution in [-0.2, 0) is 22.0 Å². The molecule has 0 unspecified atom stereocenters. The highest BCUT2D eigenvalue weighted by molar-refractivity contribution is 8.23. The van der Waals surface area contributed by atoms with Crippen LogP contribution in [0.15, 0.2) is 41.3 Å². The number of hydrogen-bond acceptors (Lipinski definition) is 4. The van der Waals surface area contributed by atoms with Gasteiger partial charge in [-0.05, 0) is 58.2 Å². The van der Waals surface area contributed by atoms with Gasteiger partial charge in [-0.3, -0.25) is 13.9 Å². The van der Waals surface area contributed by atoms with Crippen molar-refractivity contribution in [2.75, 3.05) is 11.6 Å². The molecule has 1 amide bonds. The van der Waals surface area contributed by atoms with Crippen molar-refractivity contribution in [2.24, 2.45) is 0 Å². The maximum atomic E-state index is 12.4. The number of rotatable bonds is 5. The molecule has 0 heterocycles. The van der Waals surface area contributed by atoms with E-state index in [1.165, 1.54) is 6.26 Å². The van der Waals surface area contributed by atoms with Crippen LogP contribution in [0.4, 0.5) is 5.69 Å². The Morgan fingerprint density at radius 3 is 1.80 bits per heavy atom. The van der Waals surface area contributed by atoms with Gasteiger partial charge < -0.3 is 10.4 Å². The van der Waals surface area contributed by atoms with Gasteiger partial charge in [0.25, 0.3) is 0 Å². The molecular weight excluding hydrogens is 398 g/mol. The second kappa shape index (κ2) is 8.61. The van der Waals surface area contributed by atoms with Gasteiger partial charge in [-0.1, -0.05) is 53.7 Å². The first-order chi connectivity index (χ1) is 13.6. The Kier molecular flexibility index (Phi) is 6.96. The minimum absolute atomic E-state index is 0.117. The van der Waals surface area contributed by atoms with E-state index in [-0.39, 0.29) is 16.7 Å². The van der Waals surface area contributed by atoms with Gasteiger partial charge in [0.15, 0.2) is 0 Å². The molecular formula is C24H35NO4S. The largest absolute Gasteiger partial charge is 0.507 e. The predicted molar refractivity (Wildman–Crippen MR) is 126 cm³/mol. The lowest BCUT2D eigenvalue weighted by Gasteiger charge is -2.28. The number of carbonyl (C=O) groups is 1. The lowest BCUT2D eigenvalue weighted by atomic mass is 9.78. The van der Waals surface area contributed by atoms with Crippen LogP contribution in [-0.4, -0.2) is 26.4 Å². The number of aromatic hydroxyl groups is 1. The fourth-order valence-electron chi connectivity index (χ4n) is 3.26. The van der Waals surface area contributed by atoms with Crippen LogP contribution in [0.3, 0.4) is 0 Å². The number of amides is 1. The van der Waals surface area contributed by atoms with Crippen LogP contribution >= 0.6 is 10.6 Å². The first kappa shape index (κ1) is 24.3. The molecule has 0 aliphatic heterocycles. The molecule has 5 nitrogen and oxygen atoms in total. The summed E-state index contributed by atoms with van der Waals surface area (Å²) in [5, 5.41) is 13.7. The maximum absolute atomic E-state index is 12.4. The number of hydrogen-bond donors (Lipinski definition) is 4. The number of aryl methyl sites for hydroxylation is 1. The lowest BCUT2D eigenvalue weighted by Crippen LogP contribution is -2.18. The fourth-order valence-corrected chi connectivity index (χ4v) is 3.91. The molecule has 6 heteroatoms. The summed E-state index contributed by atoms with van der Waals surface area (Å²) in [5.41, 5.74) is 3.00. The summed E-state index contributed by atoms with van der Waals surface area (Å²) in [5.74, 6) is 0.221. The molecule has 0 saturated heterocycles. The average Bonchev–Trinajstić information content (AvgIpc) is 2.58. The zero-order valence-electron chi connectivity index (χ0n) is 19.0. The van der Waals surface area contributed by atoms with Crippen LogP contribution in [0, 0.1) is 0 Å². The van der Waals surface area contributed by atoms with Crippen molar-refractivity contribution in [3.8, 4) is 5.75 Å². The van der Waals surface area contributed by atoms with Crippen LogP contribution in [0.1, 0.15) is 64.7 Å². The van der Waals surface area contributed by atoms with E-state index >= 15 is 0 Å². The summed E-state index contributed by atoms with van der Waals surface area (Å²) < 4.78 is 19.4. The highest BCUT2D eigenvalue weighted by atomic mass is 32.3. The Bertz CT molecular complexity index is 866. The Morgan fingerprint density at radius 1 is 0.933 bits per heavy atom. The van der Waals surface area contributed by atoms with Crippen LogP contribution < -0.4 is 5.32 Å². The summed E-state index contributed by atoms with van der Waals surface area (Å²) in [6.45, 7) is 12.4. The molecule has 30 heavy (non-hydrogen) atoms. The SMILES string of the molecule is CC(C)(C)c1cc(CCC(=O)Nc2ccc(S(C)(O)O)cc2)cc(C(C)(C)C)c1O. The van der Waals surface area contributed by atoms with Gasteiger partial charge in [0, 0.05) is 18.4 Å². The molecule has 0 bridgehead atoms. The van der Waals surface area contributed by atoms with Gasteiger partial charge in [-0.15, -0.1) is 0 Å². The third-order valence-corrected chi connectivity index (χ3v) is 6.18. The van der Waals surface area contributed by atoms with Gasteiger partial charge in [0.1, 0.15) is 5.75 Å². The van der Waals surface area contributed by atoms with Crippen molar-refractivity contribution in [2.45, 2.75) is 70.1 Å². The van der Waals surface area contributed by atoms with E-state index in [0.29, 0.717) is 29.2 Å². The minimum Gasteiger partial charge on any atom is -0.507 e. The molecule has 0 spiro atoms. The zero-order valence-corrected chi connectivity index (χ0v) is 19.9. The van der Waals surface area contributed by atoms with E-state index in [4.69, 9.17) is 0 Å². The van der Waals surface area contributed by atoms with Gasteiger partial charge in [0.05, 0.1) is 4.90 Å². The number of nitrogens with one attached hydrogen (secondary N) is 1. The van der Waals surface area contributed by atoms with Crippen molar-refractivity contribution >= 4 is 22.2 Å². The molecule has 166 valence electrons. The Labute approximate surface area is 181 Å². The van der Waals surface area contributed by atoms with Crippen molar-refractivity contribution in [3.05, 3.63) is 53.1 Å². The van der Waals surface area contributed by atoms with E-state index in [1.54, 1.807) is 24.3 Å². The molecule has 0 atom stereocenters. The zero-order chi connectivity index (χ0) is 22.9. The summed E-state index contributed by atoms with van der Waals surface area (Å²) in [4.78, 5) is 12.9. The van der Waals surface area contributed by atoms with E-state index in [9.17, 15) is 19.0 Å². The van der Waals surface area contributed by atoms with Crippen LogP contribution in [0.2, 0.25) is 0 Å². The molecule has 2 aromatic rings. The first-order valence-electron chi connectivity index (χ1n) is 10.1. The second-order valence-corrected chi connectivity index (χ2v) is 12.1. The number of anilines is 1. The summed E-state index contributed by atoms with van der Waals surface area (Å²) in [7, 11) is -2.76. The molecule has 2 aromatic carbocycles. The topological polar surface area (TPSA) is 89.8 Å². The number of phenolic OH excluding ortho intramolecular Hbond substituents is 1. The van der Waals surface area contributed by atoms with E-state index < -0.39 is 10.6 Å². The first-order valence-corrected chi connectivity index (χ1v) is 12.0. The maximum Gasteiger partial charge on any atom is 0.224 e. The quantitative estimate of drug-likeness (QED) is 0.445. The van der Waals surface area contributed by atoms with E-state index in [1.807, 2.05) is 12.1 Å². The van der Waals surface area contributed by atoms with E-state index in [2.05, 4.69) is 46.9 Å². The summed E-state index contributed by atoms with van der Waals surface area (Å²) in [6.07, 6.45) is 2.24. The van der Waals surface area contributed by atoms with Gasteiger partial charge >= 0.3 is 0 Å². The van der Waals surface area contributed by atoms with Crippen LogP contribution in [0.5, 0.6) is 5.75 Å². The third-order valence-electron chi connectivity index (χ3n) is 5.01. The highest BCUT2D eigenvalue weighted by Gasteiger charge is 2.26. The van der Waals surface area contributed by atoms with Crippen molar-refractivity contribution < 1.29 is 19.0 Å². The molecule has 0 fully saturated rings. The van der Waals surface area contributed by atoms with Crippen molar-refractivity contribution in [1.82, 2.24) is 0 Å². The molecule has 0 radical (unpaired) electrons.